The Morgan fingerprint density at radius 2 is 1.72 bits per heavy atom. The van der Waals surface area contributed by atoms with Crippen molar-refractivity contribution in [2.75, 3.05) is 27.4 Å². The molecule has 0 spiro atoms. The molecule has 0 bridgehead atoms. The van der Waals surface area contributed by atoms with Gasteiger partial charge in [0.05, 0.1) is 7.11 Å². The third-order valence-electron chi connectivity index (χ3n) is 4.36. The Bertz CT molecular complexity index is 704. The molecule has 0 N–H and O–H groups in total. The van der Waals surface area contributed by atoms with E-state index in [0.717, 1.165) is 17.7 Å². The number of para-hydroxylation sites is 2. The SMILES string of the molecule is COCCCN1C(=O)[C@H](Oc2ccccc2)[C@H]1c1ccccc1OC. The molecule has 1 heterocycles. The average Bonchev–Trinajstić information content (AvgIpc) is 2.67. The van der Waals surface area contributed by atoms with Gasteiger partial charge in [0, 0.05) is 25.8 Å². The van der Waals surface area contributed by atoms with Gasteiger partial charge in [-0.1, -0.05) is 36.4 Å². The molecule has 1 saturated heterocycles. The number of carbonyl (C=O) groups excluding carboxylic acids is 1. The van der Waals surface area contributed by atoms with E-state index < -0.39 is 6.10 Å². The largest absolute Gasteiger partial charge is 0.496 e. The van der Waals surface area contributed by atoms with E-state index in [1.807, 2.05) is 59.5 Å². The third-order valence-corrected chi connectivity index (χ3v) is 4.36. The minimum absolute atomic E-state index is 0.00383. The summed E-state index contributed by atoms with van der Waals surface area (Å²) in [5, 5.41) is 0. The van der Waals surface area contributed by atoms with Crippen molar-refractivity contribution < 1.29 is 19.0 Å². The molecule has 0 aromatic heterocycles. The maximum Gasteiger partial charge on any atom is 0.266 e. The summed E-state index contributed by atoms with van der Waals surface area (Å²) in [5.41, 5.74) is 0.961. The number of rotatable bonds is 8. The zero-order chi connectivity index (χ0) is 17.6. The second-order valence-corrected chi connectivity index (χ2v) is 5.92. The lowest BCUT2D eigenvalue weighted by Crippen LogP contribution is -2.61. The number of nitrogens with zero attached hydrogens (tertiary/aromatic N) is 1. The summed E-state index contributed by atoms with van der Waals surface area (Å²) in [7, 11) is 3.30. The summed E-state index contributed by atoms with van der Waals surface area (Å²) in [6.45, 7) is 1.25. The Balaban J connectivity index is 1.84. The molecular formula is C20H23NO4. The summed E-state index contributed by atoms with van der Waals surface area (Å²) >= 11 is 0. The first-order chi connectivity index (χ1) is 12.3. The number of β-lactam (4-membered cyclic amide) rings is 1. The van der Waals surface area contributed by atoms with Crippen LogP contribution in [0.1, 0.15) is 18.0 Å². The highest BCUT2D eigenvalue weighted by molar-refractivity contribution is 5.89. The second kappa shape index (κ2) is 8.03. The number of hydrogen-bond donors (Lipinski definition) is 0. The van der Waals surface area contributed by atoms with Crippen LogP contribution in [0.5, 0.6) is 11.5 Å². The predicted octanol–water partition coefficient (Wildman–Crippen LogP) is 3.06. The lowest BCUT2D eigenvalue weighted by Gasteiger charge is -2.47. The summed E-state index contributed by atoms with van der Waals surface area (Å²) in [6.07, 6.45) is 0.243. The topological polar surface area (TPSA) is 48.0 Å². The Hall–Kier alpha value is -2.53. The zero-order valence-electron chi connectivity index (χ0n) is 14.6. The normalized spacial score (nSPS) is 19.4. The first kappa shape index (κ1) is 17.3. The lowest BCUT2D eigenvalue weighted by molar-refractivity contribution is -0.164. The number of benzene rings is 2. The highest BCUT2D eigenvalue weighted by Crippen LogP contribution is 2.41. The molecule has 1 aliphatic rings. The summed E-state index contributed by atoms with van der Waals surface area (Å²) in [6, 6.07) is 17.0. The number of ether oxygens (including phenoxy) is 3. The Morgan fingerprint density at radius 1 is 1.00 bits per heavy atom. The van der Waals surface area contributed by atoms with E-state index in [4.69, 9.17) is 14.2 Å². The van der Waals surface area contributed by atoms with Crippen LogP contribution >= 0.6 is 0 Å². The second-order valence-electron chi connectivity index (χ2n) is 5.92. The molecule has 5 nitrogen and oxygen atoms in total. The molecule has 2 aromatic rings. The van der Waals surface area contributed by atoms with Gasteiger partial charge in [-0.25, -0.2) is 0 Å². The summed E-state index contributed by atoms with van der Waals surface area (Å²) in [5.74, 6) is 1.45. The van der Waals surface area contributed by atoms with Crippen LogP contribution in [0.15, 0.2) is 54.6 Å². The van der Waals surface area contributed by atoms with Crippen LogP contribution < -0.4 is 9.47 Å². The van der Waals surface area contributed by atoms with Crippen molar-refractivity contribution >= 4 is 5.91 Å². The smallest absolute Gasteiger partial charge is 0.266 e. The number of amides is 1. The number of likely N-dealkylation sites (tertiary alicyclic amines) is 1. The van der Waals surface area contributed by atoms with E-state index in [-0.39, 0.29) is 11.9 Å². The molecule has 3 rings (SSSR count). The predicted molar refractivity (Wildman–Crippen MR) is 94.8 cm³/mol. The Morgan fingerprint density at radius 3 is 2.44 bits per heavy atom. The number of methoxy groups -OCH3 is 2. The minimum Gasteiger partial charge on any atom is -0.496 e. The molecule has 0 radical (unpaired) electrons. The fraction of sp³-hybridized carbons (Fsp3) is 0.350. The Labute approximate surface area is 148 Å². The van der Waals surface area contributed by atoms with Crippen molar-refractivity contribution in [2.24, 2.45) is 0 Å². The summed E-state index contributed by atoms with van der Waals surface area (Å²) < 4.78 is 16.6. The number of carbonyl (C=O) groups is 1. The van der Waals surface area contributed by atoms with Gasteiger partial charge in [-0.2, -0.15) is 0 Å². The van der Waals surface area contributed by atoms with Crippen LogP contribution in [-0.2, 0) is 9.53 Å². The van der Waals surface area contributed by atoms with Crippen molar-refractivity contribution in [3.05, 3.63) is 60.2 Å². The van der Waals surface area contributed by atoms with Crippen LogP contribution in [-0.4, -0.2) is 44.3 Å². The van der Waals surface area contributed by atoms with E-state index in [9.17, 15) is 4.79 Å². The molecule has 1 aliphatic heterocycles. The molecule has 2 aromatic carbocycles. The van der Waals surface area contributed by atoms with Gasteiger partial charge in [0.25, 0.3) is 5.91 Å². The number of hydrogen-bond acceptors (Lipinski definition) is 4. The quantitative estimate of drug-likeness (QED) is 0.547. The maximum atomic E-state index is 12.7. The van der Waals surface area contributed by atoms with Gasteiger partial charge in [-0.3, -0.25) is 4.79 Å². The summed E-state index contributed by atoms with van der Waals surface area (Å²) in [4.78, 5) is 14.5. The third kappa shape index (κ3) is 3.61. The molecule has 132 valence electrons. The fourth-order valence-electron chi connectivity index (χ4n) is 3.15. The lowest BCUT2D eigenvalue weighted by atomic mass is 9.89. The monoisotopic (exact) mass is 341 g/mol. The van der Waals surface area contributed by atoms with Gasteiger partial charge in [0.15, 0.2) is 0 Å². The first-order valence-electron chi connectivity index (χ1n) is 8.40. The molecule has 5 heteroatoms. The molecule has 1 amide bonds. The maximum absolute atomic E-state index is 12.7. The van der Waals surface area contributed by atoms with Crippen molar-refractivity contribution in [1.82, 2.24) is 4.90 Å². The highest BCUT2D eigenvalue weighted by atomic mass is 16.5. The molecule has 2 atom stereocenters. The van der Waals surface area contributed by atoms with Crippen LogP contribution in [0.4, 0.5) is 0 Å². The zero-order valence-corrected chi connectivity index (χ0v) is 14.6. The van der Waals surface area contributed by atoms with Gasteiger partial charge >= 0.3 is 0 Å². The van der Waals surface area contributed by atoms with E-state index in [2.05, 4.69) is 0 Å². The van der Waals surface area contributed by atoms with Gasteiger partial charge in [0.2, 0.25) is 6.10 Å². The first-order valence-corrected chi connectivity index (χ1v) is 8.40. The van der Waals surface area contributed by atoms with E-state index in [0.29, 0.717) is 18.9 Å². The highest BCUT2D eigenvalue weighted by Gasteiger charge is 2.50. The van der Waals surface area contributed by atoms with Gasteiger partial charge in [0.1, 0.15) is 17.5 Å². The van der Waals surface area contributed by atoms with E-state index in [1.54, 1.807) is 14.2 Å². The molecular weight excluding hydrogens is 318 g/mol. The van der Waals surface area contributed by atoms with Crippen LogP contribution in [0.2, 0.25) is 0 Å². The van der Waals surface area contributed by atoms with Crippen molar-refractivity contribution in [1.29, 1.82) is 0 Å². The van der Waals surface area contributed by atoms with Crippen molar-refractivity contribution in [3.63, 3.8) is 0 Å². The van der Waals surface area contributed by atoms with E-state index >= 15 is 0 Å². The van der Waals surface area contributed by atoms with Crippen LogP contribution in [0, 0.1) is 0 Å². The minimum atomic E-state index is -0.541. The van der Waals surface area contributed by atoms with Crippen LogP contribution in [0.3, 0.4) is 0 Å². The Kier molecular flexibility index (Phi) is 5.56. The molecule has 0 saturated carbocycles. The average molecular weight is 341 g/mol. The van der Waals surface area contributed by atoms with Gasteiger partial charge in [-0.15, -0.1) is 0 Å². The standard InChI is InChI=1S/C20H23NO4/c1-23-14-8-13-21-18(16-11-6-7-12-17(16)24-2)19(20(21)22)25-15-9-4-3-5-10-15/h3-7,9-12,18-19H,8,13-14H2,1-2H3/t18-,19-/m1/s1. The van der Waals surface area contributed by atoms with Gasteiger partial charge < -0.3 is 19.1 Å². The van der Waals surface area contributed by atoms with Crippen molar-refractivity contribution in [2.45, 2.75) is 18.6 Å². The van der Waals surface area contributed by atoms with E-state index in [1.165, 1.54) is 0 Å². The molecule has 1 fully saturated rings. The van der Waals surface area contributed by atoms with Crippen molar-refractivity contribution in [3.8, 4) is 11.5 Å². The fourth-order valence-corrected chi connectivity index (χ4v) is 3.15. The van der Waals surface area contributed by atoms with Gasteiger partial charge in [-0.05, 0) is 24.6 Å². The molecule has 0 unspecified atom stereocenters. The molecule has 25 heavy (non-hydrogen) atoms. The van der Waals surface area contributed by atoms with Crippen LogP contribution in [0.25, 0.3) is 0 Å². The molecule has 0 aliphatic carbocycles.